The number of rotatable bonds is 4. The second-order valence-electron chi connectivity index (χ2n) is 10.5. The Bertz CT molecular complexity index is 1260. The minimum atomic E-state index is -4.53. The van der Waals surface area contributed by atoms with Gasteiger partial charge in [0.1, 0.15) is 5.82 Å². The van der Waals surface area contributed by atoms with Crippen molar-refractivity contribution in [1.82, 2.24) is 4.98 Å². The largest absolute Gasteiger partial charge is 0.416 e. The van der Waals surface area contributed by atoms with E-state index in [9.17, 15) is 22.7 Å². The van der Waals surface area contributed by atoms with Crippen LogP contribution in [0.15, 0.2) is 48.5 Å². The van der Waals surface area contributed by atoms with Crippen LogP contribution in [0.4, 0.5) is 22.0 Å². The highest BCUT2D eigenvalue weighted by Gasteiger charge is 2.45. The van der Waals surface area contributed by atoms with Crippen LogP contribution in [-0.4, -0.2) is 10.1 Å². The molecule has 1 fully saturated rings. The molecule has 2 aliphatic rings. The maximum Gasteiger partial charge on any atom is 0.416 e. The predicted octanol–water partition coefficient (Wildman–Crippen LogP) is 8.24. The molecule has 0 aliphatic heterocycles. The van der Waals surface area contributed by atoms with Crippen molar-refractivity contribution in [3.05, 3.63) is 88.0 Å². The van der Waals surface area contributed by atoms with E-state index in [0.717, 1.165) is 49.2 Å². The molecule has 2 atom stereocenters. The Morgan fingerprint density at radius 1 is 1.00 bits per heavy atom. The standard InChI is InChI=1S/C29H28F5NO/c1-16(2)27-25(26(31)18-4-8-19(9-5-18)29(32,33)34)23(17-6-10-20(30)11-7-17)24-21(35-27)14-28(12-3-13-28)15-22(24)36/h4-11,16,22,26,36H,3,12-15H2,1-2H3/t22-,26+/m1/s1. The molecule has 0 saturated heterocycles. The third kappa shape index (κ3) is 4.32. The lowest BCUT2D eigenvalue weighted by molar-refractivity contribution is -0.137. The van der Waals surface area contributed by atoms with Gasteiger partial charge in [0.2, 0.25) is 0 Å². The fraction of sp³-hybridized carbons (Fsp3) is 0.414. The molecule has 1 heterocycles. The summed E-state index contributed by atoms with van der Waals surface area (Å²) in [6.45, 7) is 3.79. The van der Waals surface area contributed by atoms with E-state index in [4.69, 9.17) is 4.98 Å². The first-order chi connectivity index (χ1) is 17.0. The molecule has 0 unspecified atom stereocenters. The lowest BCUT2D eigenvalue weighted by atomic mass is 9.59. The molecule has 0 radical (unpaired) electrons. The van der Waals surface area contributed by atoms with Gasteiger partial charge in [-0.3, -0.25) is 4.98 Å². The number of pyridine rings is 1. The summed E-state index contributed by atoms with van der Waals surface area (Å²) >= 11 is 0. The number of fused-ring (bicyclic) bond motifs is 1. The number of aliphatic hydroxyl groups is 1. The van der Waals surface area contributed by atoms with Gasteiger partial charge in [-0.15, -0.1) is 0 Å². The average molecular weight is 502 g/mol. The Balaban J connectivity index is 1.74. The summed E-state index contributed by atoms with van der Waals surface area (Å²) in [5, 5.41) is 11.3. The van der Waals surface area contributed by atoms with E-state index in [1.54, 1.807) is 12.1 Å². The van der Waals surface area contributed by atoms with E-state index in [1.165, 1.54) is 12.1 Å². The Morgan fingerprint density at radius 2 is 1.64 bits per heavy atom. The molecule has 1 saturated carbocycles. The summed E-state index contributed by atoms with van der Waals surface area (Å²) in [4.78, 5) is 4.89. The molecule has 3 aromatic rings. The van der Waals surface area contributed by atoms with Gasteiger partial charge < -0.3 is 5.11 Å². The summed E-state index contributed by atoms with van der Waals surface area (Å²) in [5.41, 5.74) is 2.23. The van der Waals surface area contributed by atoms with Gasteiger partial charge in [-0.05, 0) is 78.0 Å². The van der Waals surface area contributed by atoms with Crippen LogP contribution in [0.5, 0.6) is 0 Å². The average Bonchev–Trinajstić information content (AvgIpc) is 2.81. The Morgan fingerprint density at radius 3 is 2.17 bits per heavy atom. The van der Waals surface area contributed by atoms with Crippen LogP contribution in [0.3, 0.4) is 0 Å². The minimum Gasteiger partial charge on any atom is -0.388 e. The molecule has 1 N–H and O–H groups in total. The smallest absolute Gasteiger partial charge is 0.388 e. The molecule has 1 spiro atoms. The van der Waals surface area contributed by atoms with Crippen LogP contribution in [0.2, 0.25) is 0 Å². The number of halogens is 5. The van der Waals surface area contributed by atoms with Crippen LogP contribution >= 0.6 is 0 Å². The number of hydrogen-bond donors (Lipinski definition) is 1. The summed E-state index contributed by atoms with van der Waals surface area (Å²) in [6, 6.07) is 9.71. The monoisotopic (exact) mass is 501 g/mol. The number of aromatic nitrogens is 1. The van der Waals surface area contributed by atoms with Crippen molar-refractivity contribution < 1.29 is 27.1 Å². The van der Waals surface area contributed by atoms with Crippen LogP contribution in [0, 0.1) is 11.2 Å². The molecular weight excluding hydrogens is 473 g/mol. The van der Waals surface area contributed by atoms with Gasteiger partial charge in [0, 0.05) is 16.8 Å². The third-order valence-electron chi connectivity index (χ3n) is 7.76. The quantitative estimate of drug-likeness (QED) is 0.365. The summed E-state index contributed by atoms with van der Waals surface area (Å²) in [7, 11) is 0. The molecule has 2 aromatic carbocycles. The molecule has 190 valence electrons. The number of hydrogen-bond acceptors (Lipinski definition) is 2. The highest BCUT2D eigenvalue weighted by atomic mass is 19.4. The first-order valence-electron chi connectivity index (χ1n) is 12.3. The van der Waals surface area contributed by atoms with Gasteiger partial charge >= 0.3 is 6.18 Å². The van der Waals surface area contributed by atoms with Crippen LogP contribution in [-0.2, 0) is 12.6 Å². The first-order valence-corrected chi connectivity index (χ1v) is 12.3. The maximum atomic E-state index is 16.4. The van der Waals surface area contributed by atoms with E-state index in [0.29, 0.717) is 35.2 Å². The van der Waals surface area contributed by atoms with Crippen molar-refractivity contribution in [2.75, 3.05) is 0 Å². The van der Waals surface area contributed by atoms with Crippen LogP contribution < -0.4 is 0 Å². The lowest BCUT2D eigenvalue weighted by Crippen LogP contribution is -2.38. The molecule has 7 heteroatoms. The summed E-state index contributed by atoms with van der Waals surface area (Å²) < 4.78 is 69.5. The van der Waals surface area contributed by atoms with E-state index in [1.807, 2.05) is 13.8 Å². The molecule has 0 bridgehead atoms. The van der Waals surface area contributed by atoms with E-state index in [2.05, 4.69) is 0 Å². The van der Waals surface area contributed by atoms with Gasteiger partial charge in [-0.1, -0.05) is 44.5 Å². The second kappa shape index (κ2) is 8.94. The fourth-order valence-corrected chi connectivity index (χ4v) is 5.81. The normalized spacial score (nSPS) is 19.8. The maximum absolute atomic E-state index is 16.4. The Kier molecular flexibility index (Phi) is 6.18. The SMILES string of the molecule is CC(C)c1nc2c(c(-c3ccc(F)cc3)c1[C@@H](F)c1ccc(C(F)(F)F)cc1)[C@H](O)CC1(CCC1)C2. The zero-order valence-corrected chi connectivity index (χ0v) is 20.2. The van der Waals surface area contributed by atoms with E-state index in [-0.39, 0.29) is 22.5 Å². The number of nitrogens with zero attached hydrogens (tertiary/aromatic N) is 1. The second-order valence-corrected chi connectivity index (χ2v) is 10.5. The van der Waals surface area contributed by atoms with Crippen molar-refractivity contribution in [3.8, 4) is 11.1 Å². The van der Waals surface area contributed by atoms with Gasteiger partial charge in [0.25, 0.3) is 0 Å². The number of benzene rings is 2. The van der Waals surface area contributed by atoms with Crippen molar-refractivity contribution in [2.45, 2.75) is 70.3 Å². The van der Waals surface area contributed by atoms with E-state index >= 15 is 4.39 Å². The number of alkyl halides is 4. The molecule has 2 nitrogen and oxygen atoms in total. The summed E-state index contributed by atoms with van der Waals surface area (Å²) in [6.07, 6.45) is -2.82. The van der Waals surface area contributed by atoms with Gasteiger partial charge in [-0.2, -0.15) is 13.2 Å². The zero-order chi connectivity index (χ0) is 25.8. The van der Waals surface area contributed by atoms with Gasteiger partial charge in [0.15, 0.2) is 6.17 Å². The first kappa shape index (κ1) is 24.9. The third-order valence-corrected chi connectivity index (χ3v) is 7.76. The van der Waals surface area contributed by atoms with Gasteiger partial charge in [-0.25, -0.2) is 8.78 Å². The van der Waals surface area contributed by atoms with Crippen LogP contribution in [0.1, 0.15) is 91.4 Å². The fourth-order valence-electron chi connectivity index (χ4n) is 5.81. The minimum absolute atomic E-state index is 0.00219. The highest BCUT2D eigenvalue weighted by molar-refractivity contribution is 5.75. The predicted molar refractivity (Wildman–Crippen MR) is 128 cm³/mol. The Labute approximate surface area is 207 Å². The zero-order valence-electron chi connectivity index (χ0n) is 20.2. The molecule has 5 rings (SSSR count). The van der Waals surface area contributed by atoms with Crippen molar-refractivity contribution >= 4 is 0 Å². The molecule has 2 aliphatic carbocycles. The molecular formula is C29H28F5NO. The van der Waals surface area contributed by atoms with Gasteiger partial charge in [0.05, 0.1) is 17.4 Å². The van der Waals surface area contributed by atoms with Crippen molar-refractivity contribution in [1.29, 1.82) is 0 Å². The number of aliphatic hydroxyl groups excluding tert-OH is 1. The lowest BCUT2D eigenvalue weighted by Gasteiger charge is -2.47. The highest BCUT2D eigenvalue weighted by Crippen LogP contribution is 2.56. The van der Waals surface area contributed by atoms with Crippen molar-refractivity contribution in [3.63, 3.8) is 0 Å². The van der Waals surface area contributed by atoms with E-state index < -0.39 is 29.8 Å². The molecule has 36 heavy (non-hydrogen) atoms. The summed E-state index contributed by atoms with van der Waals surface area (Å²) in [5.74, 6) is -0.630. The molecule has 0 amide bonds. The Hall–Kier alpha value is -2.80. The topological polar surface area (TPSA) is 33.1 Å². The van der Waals surface area contributed by atoms with Crippen LogP contribution in [0.25, 0.3) is 11.1 Å². The van der Waals surface area contributed by atoms with Crippen molar-refractivity contribution in [2.24, 2.45) is 5.41 Å². The molecule has 1 aromatic heterocycles.